The van der Waals surface area contributed by atoms with Crippen molar-refractivity contribution < 1.29 is 4.79 Å². The minimum Gasteiger partial charge on any atom is -0.299 e. The van der Waals surface area contributed by atoms with Crippen LogP contribution in [0.2, 0.25) is 0 Å². The average Bonchev–Trinajstić information content (AvgIpc) is 3.48. The first-order valence-corrected chi connectivity index (χ1v) is 10.6. The first-order chi connectivity index (χ1) is 14.7. The van der Waals surface area contributed by atoms with E-state index in [0.717, 1.165) is 17.9 Å². The van der Waals surface area contributed by atoms with Crippen LogP contribution in [-0.2, 0) is 6.54 Å². The van der Waals surface area contributed by atoms with Crippen molar-refractivity contribution >= 4 is 23.1 Å². The highest BCUT2D eigenvalue weighted by Gasteiger charge is 2.21. The van der Waals surface area contributed by atoms with Crippen molar-refractivity contribution in [2.75, 3.05) is 25.0 Å². The lowest BCUT2D eigenvalue weighted by atomic mass is 10.3. The molecule has 0 atom stereocenters. The van der Waals surface area contributed by atoms with Gasteiger partial charge in [-0.15, -0.1) is 16.4 Å². The van der Waals surface area contributed by atoms with Crippen molar-refractivity contribution in [3.63, 3.8) is 0 Å². The molecule has 0 aliphatic carbocycles. The number of hydrogen-bond donors (Lipinski definition) is 0. The number of aromatic nitrogens is 3. The van der Waals surface area contributed by atoms with Crippen LogP contribution in [0.3, 0.4) is 0 Å². The van der Waals surface area contributed by atoms with Crippen LogP contribution in [0.15, 0.2) is 84.5 Å². The van der Waals surface area contributed by atoms with Gasteiger partial charge in [0.15, 0.2) is 5.82 Å². The Morgan fingerprint density at radius 2 is 1.83 bits per heavy atom. The molecule has 4 rings (SSSR count). The fourth-order valence-electron chi connectivity index (χ4n) is 3.15. The summed E-state index contributed by atoms with van der Waals surface area (Å²) in [5.74, 6) is 0.609. The minimum atomic E-state index is -0.0328. The van der Waals surface area contributed by atoms with Crippen LogP contribution in [0, 0.1) is 0 Å². The summed E-state index contributed by atoms with van der Waals surface area (Å²) in [4.78, 5) is 22.2. The number of carbonyl (C=O) groups is 1. The molecule has 0 saturated carbocycles. The summed E-state index contributed by atoms with van der Waals surface area (Å²) < 4.78 is 1.79. The summed E-state index contributed by atoms with van der Waals surface area (Å²) in [6, 6.07) is 21.4. The molecule has 0 aliphatic rings. The molecule has 0 spiro atoms. The van der Waals surface area contributed by atoms with E-state index in [9.17, 15) is 4.79 Å². The van der Waals surface area contributed by atoms with Crippen LogP contribution >= 0.6 is 11.3 Å². The smallest absolute Gasteiger partial charge is 0.269 e. The van der Waals surface area contributed by atoms with Crippen LogP contribution in [-0.4, -0.2) is 45.7 Å². The van der Waals surface area contributed by atoms with Crippen molar-refractivity contribution in [3.05, 3.63) is 95.1 Å². The standard InChI is InChI=1S/C23H23N5OS/c1-26(18-19-8-5-6-13-24-19)15-16-27(23(29)21-11-7-17-30-21)22-12-14-28(25-22)20-9-3-2-4-10-20/h2-14,17H,15-16,18H2,1H3. The van der Waals surface area contributed by atoms with Gasteiger partial charge in [-0.1, -0.05) is 30.3 Å². The number of hydrogen-bond acceptors (Lipinski definition) is 5. The number of nitrogens with zero attached hydrogens (tertiary/aromatic N) is 5. The predicted molar refractivity (Wildman–Crippen MR) is 120 cm³/mol. The molecule has 3 heterocycles. The van der Waals surface area contributed by atoms with Gasteiger partial charge in [0.25, 0.3) is 5.91 Å². The number of rotatable bonds is 8. The van der Waals surface area contributed by atoms with Gasteiger partial charge in [0.05, 0.1) is 16.3 Å². The van der Waals surface area contributed by atoms with Crippen molar-refractivity contribution in [3.8, 4) is 5.69 Å². The van der Waals surface area contributed by atoms with E-state index >= 15 is 0 Å². The Morgan fingerprint density at radius 3 is 2.57 bits per heavy atom. The maximum absolute atomic E-state index is 13.2. The highest BCUT2D eigenvalue weighted by Crippen LogP contribution is 2.19. The number of thiophene rings is 1. The summed E-state index contributed by atoms with van der Waals surface area (Å²) >= 11 is 1.44. The number of carbonyl (C=O) groups excluding carboxylic acids is 1. The topological polar surface area (TPSA) is 54.3 Å². The molecule has 0 saturated heterocycles. The van der Waals surface area contributed by atoms with E-state index in [4.69, 9.17) is 0 Å². The van der Waals surface area contributed by atoms with E-state index in [1.54, 1.807) is 15.8 Å². The molecule has 1 amide bonds. The second kappa shape index (κ2) is 9.47. The number of amides is 1. The number of anilines is 1. The number of pyridine rings is 1. The zero-order valence-electron chi connectivity index (χ0n) is 16.8. The Balaban J connectivity index is 1.51. The van der Waals surface area contributed by atoms with Gasteiger partial charge >= 0.3 is 0 Å². The van der Waals surface area contributed by atoms with Gasteiger partial charge in [0.2, 0.25) is 0 Å². The minimum absolute atomic E-state index is 0.0328. The summed E-state index contributed by atoms with van der Waals surface area (Å²) in [5.41, 5.74) is 1.96. The van der Waals surface area contributed by atoms with Crippen molar-refractivity contribution in [2.24, 2.45) is 0 Å². The van der Waals surface area contributed by atoms with Crippen molar-refractivity contribution in [1.29, 1.82) is 0 Å². The monoisotopic (exact) mass is 417 g/mol. The van der Waals surface area contributed by atoms with Gasteiger partial charge in [0, 0.05) is 38.1 Å². The van der Waals surface area contributed by atoms with E-state index in [2.05, 4.69) is 15.0 Å². The molecule has 0 bridgehead atoms. The highest BCUT2D eigenvalue weighted by molar-refractivity contribution is 7.12. The van der Waals surface area contributed by atoms with Gasteiger partial charge < -0.3 is 0 Å². The largest absolute Gasteiger partial charge is 0.299 e. The van der Waals surface area contributed by atoms with Crippen LogP contribution in [0.5, 0.6) is 0 Å². The quantitative estimate of drug-likeness (QED) is 0.433. The fraction of sp³-hybridized carbons (Fsp3) is 0.174. The van der Waals surface area contributed by atoms with Crippen LogP contribution in [0.1, 0.15) is 15.4 Å². The molecule has 152 valence electrons. The fourth-order valence-corrected chi connectivity index (χ4v) is 3.83. The Morgan fingerprint density at radius 1 is 1.00 bits per heavy atom. The molecule has 0 aliphatic heterocycles. The van der Waals surface area contributed by atoms with Crippen LogP contribution < -0.4 is 4.90 Å². The number of benzene rings is 1. The molecule has 30 heavy (non-hydrogen) atoms. The molecule has 0 N–H and O–H groups in total. The Hall–Kier alpha value is -3.29. The first-order valence-electron chi connectivity index (χ1n) is 9.75. The van der Waals surface area contributed by atoms with E-state index in [1.165, 1.54) is 11.3 Å². The summed E-state index contributed by atoms with van der Waals surface area (Å²) in [7, 11) is 2.03. The molecule has 0 radical (unpaired) electrons. The van der Waals surface area contributed by atoms with E-state index in [1.807, 2.05) is 85.4 Å². The van der Waals surface area contributed by atoms with E-state index in [0.29, 0.717) is 23.8 Å². The molecule has 0 unspecified atom stereocenters. The van der Waals surface area contributed by atoms with Crippen molar-refractivity contribution in [2.45, 2.75) is 6.54 Å². The van der Waals surface area contributed by atoms with Gasteiger partial charge in [-0.3, -0.25) is 19.6 Å². The van der Waals surface area contributed by atoms with E-state index < -0.39 is 0 Å². The Labute approximate surface area is 180 Å². The Kier molecular flexibility index (Phi) is 6.32. The molecule has 4 aromatic rings. The maximum Gasteiger partial charge on any atom is 0.269 e. The lowest BCUT2D eigenvalue weighted by Gasteiger charge is -2.23. The lowest BCUT2D eigenvalue weighted by molar-refractivity contribution is 0.0987. The third-order valence-electron chi connectivity index (χ3n) is 4.71. The Bertz CT molecular complexity index is 1060. The predicted octanol–water partition coefficient (Wildman–Crippen LogP) is 4.11. The molecule has 3 aromatic heterocycles. The van der Waals surface area contributed by atoms with E-state index in [-0.39, 0.29) is 5.91 Å². The molecule has 6 nitrogen and oxygen atoms in total. The first kappa shape index (κ1) is 20.0. The summed E-state index contributed by atoms with van der Waals surface area (Å²) in [5, 5.41) is 6.59. The molecular formula is C23H23N5OS. The number of likely N-dealkylation sites (N-methyl/N-ethyl adjacent to an activating group) is 1. The number of para-hydroxylation sites is 1. The SMILES string of the molecule is CN(CCN(C(=O)c1cccs1)c1ccn(-c2ccccc2)n1)Cc1ccccn1. The third kappa shape index (κ3) is 4.82. The molecule has 7 heteroatoms. The highest BCUT2D eigenvalue weighted by atomic mass is 32.1. The molecular weight excluding hydrogens is 394 g/mol. The van der Waals surface area contributed by atoms with Crippen molar-refractivity contribution in [1.82, 2.24) is 19.7 Å². The third-order valence-corrected chi connectivity index (χ3v) is 5.57. The van der Waals surface area contributed by atoms with Gasteiger partial charge in [-0.2, -0.15) is 0 Å². The van der Waals surface area contributed by atoms with Gasteiger partial charge in [0.1, 0.15) is 0 Å². The lowest BCUT2D eigenvalue weighted by Crippen LogP contribution is -2.37. The zero-order valence-corrected chi connectivity index (χ0v) is 17.6. The van der Waals surface area contributed by atoms with Gasteiger partial charge in [-0.25, -0.2) is 4.68 Å². The van der Waals surface area contributed by atoms with Gasteiger partial charge in [-0.05, 0) is 42.8 Å². The molecule has 0 fully saturated rings. The maximum atomic E-state index is 13.2. The summed E-state index contributed by atoms with van der Waals surface area (Å²) in [6.07, 6.45) is 3.68. The van der Waals surface area contributed by atoms with Crippen LogP contribution in [0.4, 0.5) is 5.82 Å². The summed E-state index contributed by atoms with van der Waals surface area (Å²) in [6.45, 7) is 1.96. The average molecular weight is 418 g/mol. The second-order valence-electron chi connectivity index (χ2n) is 6.95. The normalized spacial score (nSPS) is 11.0. The van der Waals surface area contributed by atoms with Crippen LogP contribution in [0.25, 0.3) is 5.69 Å². The second-order valence-corrected chi connectivity index (χ2v) is 7.89. The molecule has 1 aromatic carbocycles. The zero-order chi connectivity index (χ0) is 20.8.